The van der Waals surface area contributed by atoms with Crippen LogP contribution in [0, 0.1) is 13.8 Å². The Hall–Kier alpha value is -1.77. The molecule has 1 aromatic carbocycles. The van der Waals surface area contributed by atoms with Gasteiger partial charge in [-0.2, -0.15) is 0 Å². The first-order chi connectivity index (χ1) is 7.50. The molecule has 3 heteroatoms. The Balaban J connectivity index is 2.73. The lowest BCUT2D eigenvalue weighted by atomic mass is 10.1. The predicted molar refractivity (Wildman–Crippen MR) is 66.0 cm³/mol. The maximum absolute atomic E-state index is 10.3. The lowest BCUT2D eigenvalue weighted by molar-refractivity contribution is -0.131. The molecule has 1 N–H and O–H groups in total. The van der Waals surface area contributed by atoms with Crippen LogP contribution < -0.4 is 4.90 Å². The second-order valence-electron chi connectivity index (χ2n) is 3.91. The fourth-order valence-corrected chi connectivity index (χ4v) is 1.64. The van der Waals surface area contributed by atoms with Gasteiger partial charge in [-0.3, -0.25) is 0 Å². The lowest BCUT2D eigenvalue weighted by Gasteiger charge is -2.19. The largest absolute Gasteiger partial charge is 0.478 e. The van der Waals surface area contributed by atoms with E-state index in [9.17, 15) is 4.79 Å². The van der Waals surface area contributed by atoms with Gasteiger partial charge in [-0.1, -0.05) is 23.8 Å². The molecule has 16 heavy (non-hydrogen) atoms. The van der Waals surface area contributed by atoms with Crippen molar-refractivity contribution in [1.82, 2.24) is 0 Å². The molecule has 0 bridgehead atoms. The third kappa shape index (κ3) is 3.42. The fourth-order valence-electron chi connectivity index (χ4n) is 1.64. The summed E-state index contributed by atoms with van der Waals surface area (Å²) in [7, 11) is 1.95. The third-order valence-corrected chi connectivity index (χ3v) is 2.40. The van der Waals surface area contributed by atoms with Crippen LogP contribution in [-0.4, -0.2) is 24.7 Å². The number of nitrogens with zero attached hydrogens (tertiary/aromatic N) is 1. The standard InChI is InChI=1S/C13H17NO2/c1-10-6-7-12(11(2)9-10)14(3)8-4-5-13(15)16/h4-7,9H,8H2,1-3H3,(H,15,16)/b5-4+. The number of carbonyl (C=O) groups is 1. The lowest BCUT2D eigenvalue weighted by Crippen LogP contribution is -2.18. The number of aliphatic carboxylic acids is 1. The molecule has 0 aliphatic carbocycles. The number of likely N-dealkylation sites (N-methyl/N-ethyl adjacent to an activating group) is 1. The van der Waals surface area contributed by atoms with Crippen LogP contribution in [0.25, 0.3) is 0 Å². The number of carboxylic acid groups (broad SMARTS) is 1. The highest BCUT2D eigenvalue weighted by molar-refractivity contribution is 5.79. The van der Waals surface area contributed by atoms with Crippen molar-refractivity contribution in [3.63, 3.8) is 0 Å². The first kappa shape index (κ1) is 12.3. The van der Waals surface area contributed by atoms with Gasteiger partial charge in [0.15, 0.2) is 0 Å². The second-order valence-corrected chi connectivity index (χ2v) is 3.91. The Morgan fingerprint density at radius 2 is 2.12 bits per heavy atom. The molecule has 3 nitrogen and oxygen atoms in total. The third-order valence-electron chi connectivity index (χ3n) is 2.40. The molecule has 0 spiro atoms. The molecule has 1 aromatic rings. The maximum atomic E-state index is 10.3. The molecular weight excluding hydrogens is 202 g/mol. The van der Waals surface area contributed by atoms with Gasteiger partial charge in [0.1, 0.15) is 0 Å². The van der Waals surface area contributed by atoms with Gasteiger partial charge in [-0.05, 0) is 25.5 Å². The summed E-state index contributed by atoms with van der Waals surface area (Å²) in [6, 6.07) is 6.23. The maximum Gasteiger partial charge on any atom is 0.328 e. The molecule has 0 aliphatic heterocycles. The van der Waals surface area contributed by atoms with E-state index in [0.29, 0.717) is 6.54 Å². The van der Waals surface area contributed by atoms with E-state index in [0.717, 1.165) is 5.69 Å². The van der Waals surface area contributed by atoms with Crippen LogP contribution >= 0.6 is 0 Å². The Morgan fingerprint density at radius 3 is 2.69 bits per heavy atom. The monoisotopic (exact) mass is 219 g/mol. The average molecular weight is 219 g/mol. The zero-order chi connectivity index (χ0) is 12.1. The van der Waals surface area contributed by atoms with Crippen LogP contribution in [0.15, 0.2) is 30.4 Å². The van der Waals surface area contributed by atoms with E-state index in [2.05, 4.69) is 32.0 Å². The summed E-state index contributed by atoms with van der Waals surface area (Å²) in [4.78, 5) is 12.3. The van der Waals surface area contributed by atoms with E-state index in [1.807, 2.05) is 11.9 Å². The molecular formula is C13H17NO2. The summed E-state index contributed by atoms with van der Waals surface area (Å²) in [5.41, 5.74) is 3.56. The first-order valence-electron chi connectivity index (χ1n) is 5.18. The summed E-state index contributed by atoms with van der Waals surface area (Å²) < 4.78 is 0. The Morgan fingerprint density at radius 1 is 1.44 bits per heavy atom. The molecule has 0 fully saturated rings. The van der Waals surface area contributed by atoms with Crippen molar-refractivity contribution in [2.45, 2.75) is 13.8 Å². The van der Waals surface area contributed by atoms with Crippen LogP contribution in [0.3, 0.4) is 0 Å². The second kappa shape index (κ2) is 5.35. The van der Waals surface area contributed by atoms with Gasteiger partial charge in [-0.15, -0.1) is 0 Å². The van der Waals surface area contributed by atoms with Crippen LogP contribution in [0.2, 0.25) is 0 Å². The number of anilines is 1. The van der Waals surface area contributed by atoms with Crippen molar-refractivity contribution in [2.75, 3.05) is 18.5 Å². The zero-order valence-electron chi connectivity index (χ0n) is 9.90. The minimum Gasteiger partial charge on any atom is -0.478 e. The smallest absolute Gasteiger partial charge is 0.328 e. The molecule has 1 rings (SSSR count). The average Bonchev–Trinajstić information content (AvgIpc) is 2.16. The topological polar surface area (TPSA) is 40.5 Å². The molecule has 0 atom stereocenters. The van der Waals surface area contributed by atoms with Gasteiger partial charge in [0.2, 0.25) is 0 Å². The fraction of sp³-hybridized carbons (Fsp3) is 0.308. The number of carboxylic acids is 1. The van der Waals surface area contributed by atoms with Crippen molar-refractivity contribution >= 4 is 11.7 Å². The van der Waals surface area contributed by atoms with Gasteiger partial charge in [0, 0.05) is 25.4 Å². The van der Waals surface area contributed by atoms with E-state index >= 15 is 0 Å². The Labute approximate surface area is 96.0 Å². The Bertz CT molecular complexity index is 410. The molecule has 0 radical (unpaired) electrons. The summed E-state index contributed by atoms with van der Waals surface area (Å²) in [6.45, 7) is 4.71. The van der Waals surface area contributed by atoms with Crippen molar-refractivity contribution < 1.29 is 9.90 Å². The SMILES string of the molecule is Cc1ccc(N(C)C/C=C/C(=O)O)c(C)c1. The number of benzene rings is 1. The minimum absolute atomic E-state index is 0.593. The molecule has 0 amide bonds. The van der Waals surface area contributed by atoms with Crippen molar-refractivity contribution in [3.05, 3.63) is 41.5 Å². The van der Waals surface area contributed by atoms with Crippen LogP contribution in [0.1, 0.15) is 11.1 Å². The van der Waals surface area contributed by atoms with Crippen molar-refractivity contribution in [2.24, 2.45) is 0 Å². The van der Waals surface area contributed by atoms with Crippen LogP contribution in [0.4, 0.5) is 5.69 Å². The van der Waals surface area contributed by atoms with Gasteiger partial charge in [-0.25, -0.2) is 4.79 Å². The number of hydrogen-bond acceptors (Lipinski definition) is 2. The molecule has 0 saturated heterocycles. The first-order valence-corrected chi connectivity index (χ1v) is 5.18. The van der Waals surface area contributed by atoms with E-state index in [4.69, 9.17) is 5.11 Å². The quantitative estimate of drug-likeness (QED) is 0.790. The van der Waals surface area contributed by atoms with Crippen molar-refractivity contribution in [1.29, 1.82) is 0 Å². The van der Waals surface area contributed by atoms with Gasteiger partial charge in [0.05, 0.1) is 0 Å². The highest BCUT2D eigenvalue weighted by Crippen LogP contribution is 2.19. The van der Waals surface area contributed by atoms with Crippen molar-refractivity contribution in [3.8, 4) is 0 Å². The summed E-state index contributed by atoms with van der Waals surface area (Å²) >= 11 is 0. The summed E-state index contributed by atoms with van der Waals surface area (Å²) in [5, 5.41) is 8.48. The van der Waals surface area contributed by atoms with Gasteiger partial charge < -0.3 is 10.0 Å². The number of aryl methyl sites for hydroxylation is 2. The van der Waals surface area contributed by atoms with Gasteiger partial charge >= 0.3 is 5.97 Å². The number of rotatable bonds is 4. The highest BCUT2D eigenvalue weighted by Gasteiger charge is 2.02. The van der Waals surface area contributed by atoms with Crippen LogP contribution in [0.5, 0.6) is 0 Å². The number of hydrogen-bond donors (Lipinski definition) is 1. The van der Waals surface area contributed by atoms with E-state index in [1.165, 1.54) is 17.2 Å². The summed E-state index contributed by atoms with van der Waals surface area (Å²) in [6.07, 6.45) is 2.81. The van der Waals surface area contributed by atoms with E-state index < -0.39 is 5.97 Å². The van der Waals surface area contributed by atoms with E-state index in [1.54, 1.807) is 6.08 Å². The molecule has 0 aromatic heterocycles. The molecule has 0 aliphatic rings. The van der Waals surface area contributed by atoms with Crippen LogP contribution in [-0.2, 0) is 4.79 Å². The molecule has 0 unspecified atom stereocenters. The highest BCUT2D eigenvalue weighted by atomic mass is 16.4. The van der Waals surface area contributed by atoms with Gasteiger partial charge in [0.25, 0.3) is 0 Å². The predicted octanol–water partition coefficient (Wildman–Crippen LogP) is 2.38. The zero-order valence-corrected chi connectivity index (χ0v) is 9.90. The molecule has 86 valence electrons. The normalized spacial score (nSPS) is 10.7. The molecule has 0 saturated carbocycles. The van der Waals surface area contributed by atoms with E-state index in [-0.39, 0.29) is 0 Å². The summed E-state index contributed by atoms with van der Waals surface area (Å²) in [5.74, 6) is -0.908. The molecule has 0 heterocycles. The Kier molecular flexibility index (Phi) is 4.11. The minimum atomic E-state index is -0.908.